The highest BCUT2D eigenvalue weighted by Crippen LogP contribution is 2.51. The van der Waals surface area contributed by atoms with Crippen LogP contribution in [0.25, 0.3) is 11.1 Å². The first-order chi connectivity index (χ1) is 17.3. The number of ketones is 1. The highest BCUT2D eigenvalue weighted by Gasteiger charge is 2.50. The van der Waals surface area contributed by atoms with Crippen LogP contribution in [0.3, 0.4) is 0 Å². The highest BCUT2D eigenvalue weighted by atomic mass is 16.7. The lowest BCUT2D eigenvalue weighted by atomic mass is 9.87. The van der Waals surface area contributed by atoms with Crippen LogP contribution < -0.4 is 14.8 Å². The number of carbonyl (C=O) groups excluding carboxylic acids is 2. The summed E-state index contributed by atoms with van der Waals surface area (Å²) >= 11 is 0. The van der Waals surface area contributed by atoms with Crippen molar-refractivity contribution in [2.45, 2.75) is 58.1 Å². The second-order valence-electron chi connectivity index (χ2n) is 9.90. The minimum absolute atomic E-state index is 0. The zero-order chi connectivity index (χ0) is 25.3. The fraction of sp³-hybridized carbons (Fsp3) is 0.333. The SMILES string of the molecule is Cc1ccc(CC(=O)C2(c3ccc4c(c3)OCO4)CC2)cc1-c1ccc(CNC(=O)OC(C)C)cc1.[HH]. The number of amides is 1. The Morgan fingerprint density at radius 2 is 1.69 bits per heavy atom. The van der Waals surface area contributed by atoms with E-state index in [4.69, 9.17) is 14.2 Å². The van der Waals surface area contributed by atoms with E-state index in [1.807, 2.05) is 62.4 Å². The highest BCUT2D eigenvalue weighted by molar-refractivity contribution is 5.95. The molecule has 0 bridgehead atoms. The monoisotopic (exact) mass is 487 g/mol. The third-order valence-corrected chi connectivity index (χ3v) is 6.92. The minimum Gasteiger partial charge on any atom is -0.454 e. The molecule has 1 aliphatic carbocycles. The van der Waals surface area contributed by atoms with Gasteiger partial charge < -0.3 is 19.5 Å². The summed E-state index contributed by atoms with van der Waals surface area (Å²) in [7, 11) is 0. The number of carbonyl (C=O) groups is 2. The first-order valence-corrected chi connectivity index (χ1v) is 12.4. The molecule has 5 rings (SSSR count). The van der Waals surface area contributed by atoms with Crippen LogP contribution in [0.5, 0.6) is 11.5 Å². The molecule has 0 saturated heterocycles. The second-order valence-corrected chi connectivity index (χ2v) is 9.90. The van der Waals surface area contributed by atoms with Crippen molar-refractivity contribution in [1.29, 1.82) is 0 Å². The Kier molecular flexibility index (Phi) is 6.44. The number of alkyl carbamates (subject to hydrolysis) is 1. The van der Waals surface area contributed by atoms with Gasteiger partial charge >= 0.3 is 6.09 Å². The maximum absolute atomic E-state index is 13.5. The van der Waals surface area contributed by atoms with Gasteiger partial charge in [0.15, 0.2) is 11.5 Å². The average Bonchev–Trinajstić information content (AvgIpc) is 3.54. The molecule has 36 heavy (non-hydrogen) atoms. The maximum Gasteiger partial charge on any atom is 0.407 e. The first-order valence-electron chi connectivity index (χ1n) is 12.4. The van der Waals surface area contributed by atoms with E-state index in [2.05, 4.69) is 24.4 Å². The number of ether oxygens (including phenoxy) is 3. The molecule has 0 atom stereocenters. The average molecular weight is 488 g/mol. The molecule has 1 saturated carbocycles. The lowest BCUT2D eigenvalue weighted by Crippen LogP contribution is -2.26. The van der Waals surface area contributed by atoms with E-state index in [1.165, 1.54) is 0 Å². The van der Waals surface area contributed by atoms with E-state index in [0.717, 1.165) is 57.7 Å². The van der Waals surface area contributed by atoms with E-state index in [-0.39, 0.29) is 20.1 Å². The zero-order valence-corrected chi connectivity index (χ0v) is 20.9. The largest absolute Gasteiger partial charge is 0.454 e. The molecule has 3 aromatic carbocycles. The van der Waals surface area contributed by atoms with Crippen molar-refractivity contribution in [3.63, 3.8) is 0 Å². The molecule has 1 amide bonds. The van der Waals surface area contributed by atoms with E-state index in [0.29, 0.717) is 13.0 Å². The maximum atomic E-state index is 13.5. The molecule has 6 nitrogen and oxygen atoms in total. The Bertz CT molecular complexity index is 1300. The van der Waals surface area contributed by atoms with Gasteiger partial charge in [0.05, 0.1) is 11.5 Å². The summed E-state index contributed by atoms with van der Waals surface area (Å²) in [6, 6.07) is 20.2. The topological polar surface area (TPSA) is 73.9 Å². The van der Waals surface area contributed by atoms with Crippen molar-refractivity contribution in [3.8, 4) is 22.6 Å². The predicted molar refractivity (Wildman–Crippen MR) is 139 cm³/mol. The van der Waals surface area contributed by atoms with Gasteiger partial charge in [-0.05, 0) is 79.1 Å². The zero-order valence-electron chi connectivity index (χ0n) is 20.9. The van der Waals surface area contributed by atoms with E-state index < -0.39 is 11.5 Å². The summed E-state index contributed by atoms with van der Waals surface area (Å²) in [5, 5.41) is 2.77. The fourth-order valence-electron chi connectivity index (χ4n) is 4.72. The smallest absolute Gasteiger partial charge is 0.407 e. The van der Waals surface area contributed by atoms with Crippen molar-refractivity contribution in [1.82, 2.24) is 5.32 Å². The number of hydrogen-bond acceptors (Lipinski definition) is 5. The van der Waals surface area contributed by atoms with Crippen molar-refractivity contribution >= 4 is 11.9 Å². The fourth-order valence-corrected chi connectivity index (χ4v) is 4.72. The minimum atomic E-state index is -0.420. The summed E-state index contributed by atoms with van der Waals surface area (Å²) in [4.78, 5) is 25.2. The van der Waals surface area contributed by atoms with Gasteiger partial charge in [-0.2, -0.15) is 0 Å². The molecule has 1 fully saturated rings. The number of nitrogens with one attached hydrogen (secondary N) is 1. The van der Waals surface area contributed by atoms with E-state index >= 15 is 0 Å². The lowest BCUT2D eigenvalue weighted by Gasteiger charge is -2.16. The number of hydrogen-bond donors (Lipinski definition) is 1. The second kappa shape index (κ2) is 9.69. The molecule has 0 radical (unpaired) electrons. The Morgan fingerprint density at radius 1 is 0.972 bits per heavy atom. The van der Waals surface area contributed by atoms with Gasteiger partial charge in [0, 0.05) is 14.4 Å². The molecule has 188 valence electrons. The molecule has 1 N–H and O–H groups in total. The Morgan fingerprint density at radius 3 is 2.42 bits per heavy atom. The number of benzene rings is 3. The van der Waals surface area contributed by atoms with E-state index in [9.17, 15) is 9.59 Å². The number of aryl methyl sites for hydroxylation is 1. The summed E-state index contributed by atoms with van der Waals surface area (Å²) < 4.78 is 16.1. The third-order valence-electron chi connectivity index (χ3n) is 6.92. The van der Waals surface area contributed by atoms with Gasteiger partial charge in [-0.3, -0.25) is 4.79 Å². The van der Waals surface area contributed by atoms with Gasteiger partial charge in [0.2, 0.25) is 6.79 Å². The molecule has 0 unspecified atom stereocenters. The molecular formula is C30H33NO5. The molecular weight excluding hydrogens is 454 g/mol. The van der Waals surface area contributed by atoms with Gasteiger partial charge in [0.25, 0.3) is 0 Å². The predicted octanol–water partition coefficient (Wildman–Crippen LogP) is 6.11. The van der Waals surface area contributed by atoms with Crippen LogP contribution in [0.4, 0.5) is 4.79 Å². The Hall–Kier alpha value is -3.80. The summed E-state index contributed by atoms with van der Waals surface area (Å²) in [6.45, 7) is 6.35. The van der Waals surface area contributed by atoms with Crippen LogP contribution in [-0.2, 0) is 27.9 Å². The van der Waals surface area contributed by atoms with Gasteiger partial charge in [-0.1, -0.05) is 48.5 Å². The normalized spacial score (nSPS) is 15.0. The Balaban J connectivity index is 0.00000320. The van der Waals surface area contributed by atoms with Crippen molar-refractivity contribution < 1.29 is 25.2 Å². The van der Waals surface area contributed by atoms with Crippen LogP contribution >= 0.6 is 0 Å². The Labute approximate surface area is 213 Å². The molecule has 3 aromatic rings. The van der Waals surface area contributed by atoms with Crippen molar-refractivity contribution in [2.24, 2.45) is 0 Å². The van der Waals surface area contributed by atoms with Crippen LogP contribution in [-0.4, -0.2) is 24.8 Å². The third kappa shape index (κ3) is 4.94. The number of rotatable bonds is 8. The van der Waals surface area contributed by atoms with Gasteiger partial charge in [-0.25, -0.2) is 4.79 Å². The van der Waals surface area contributed by atoms with Gasteiger partial charge in [0.1, 0.15) is 5.78 Å². The molecule has 1 heterocycles. The standard InChI is InChI=1S/C30H31NO5.H2/c1-19(2)36-29(33)31-17-21-6-8-23(9-7-21)25-14-22(5-4-20(25)3)15-28(32)30(12-13-30)24-10-11-26-27(16-24)35-18-34-26;/h4-11,14,16,19H,12-13,15,17-18H2,1-3H3,(H,31,33);1H. The van der Waals surface area contributed by atoms with Gasteiger partial charge in [-0.15, -0.1) is 0 Å². The summed E-state index contributed by atoms with van der Waals surface area (Å²) in [6.07, 6.45) is 1.55. The molecule has 0 spiro atoms. The van der Waals surface area contributed by atoms with Crippen LogP contribution in [0, 0.1) is 6.92 Å². The molecule has 0 aromatic heterocycles. The van der Waals surface area contributed by atoms with Crippen molar-refractivity contribution in [2.75, 3.05) is 6.79 Å². The molecule has 1 aliphatic heterocycles. The van der Waals surface area contributed by atoms with E-state index in [1.54, 1.807) is 0 Å². The first kappa shape index (κ1) is 23.9. The van der Waals surface area contributed by atoms with Crippen LogP contribution in [0.15, 0.2) is 60.7 Å². The lowest BCUT2D eigenvalue weighted by molar-refractivity contribution is -0.120. The quantitative estimate of drug-likeness (QED) is 0.415. The van der Waals surface area contributed by atoms with Crippen LogP contribution in [0.1, 0.15) is 50.4 Å². The summed E-state index contributed by atoms with van der Waals surface area (Å²) in [5.74, 6) is 1.70. The van der Waals surface area contributed by atoms with Crippen molar-refractivity contribution in [3.05, 3.63) is 82.9 Å². The van der Waals surface area contributed by atoms with Crippen LogP contribution in [0.2, 0.25) is 0 Å². The number of Topliss-reactive ketones (excluding diaryl/α,β-unsaturated/α-hetero) is 1. The molecule has 2 aliphatic rings. The molecule has 6 heteroatoms. The number of fused-ring (bicyclic) bond motifs is 1. The summed E-state index contributed by atoms with van der Waals surface area (Å²) in [5.41, 5.74) is 5.93.